The molecule has 1 N–H and O–H groups in total. The Morgan fingerprint density at radius 3 is 2.19 bits per heavy atom. The van der Waals surface area contributed by atoms with Crippen LogP contribution in [0.3, 0.4) is 0 Å². The average molecular weight is 485 g/mol. The lowest BCUT2D eigenvalue weighted by Crippen LogP contribution is -2.45. The van der Waals surface area contributed by atoms with Crippen LogP contribution in [0.2, 0.25) is 5.02 Å². The molecule has 2 aromatic rings. The first-order valence-electron chi connectivity index (χ1n) is 9.35. The highest BCUT2D eigenvalue weighted by molar-refractivity contribution is 7.92. The number of methoxy groups -OCH3 is 3. The number of ether oxygens (including phenoxy) is 3. The average Bonchev–Trinajstić information content (AvgIpc) is 2.74. The molecule has 0 unspecified atom stereocenters. The molecule has 0 aliphatic carbocycles. The fourth-order valence-electron chi connectivity index (χ4n) is 3.10. The first kappa shape index (κ1) is 25.3. The van der Waals surface area contributed by atoms with Crippen LogP contribution in [-0.4, -0.2) is 53.9 Å². The van der Waals surface area contributed by atoms with Crippen LogP contribution in [0.25, 0.3) is 0 Å². The summed E-state index contributed by atoms with van der Waals surface area (Å²) in [5.41, 5.74) is 0.960. The fraction of sp³-hybridized carbons (Fsp3) is 0.333. The number of carbonyl (C=O) groups is 2. The van der Waals surface area contributed by atoms with Crippen molar-refractivity contribution in [2.75, 3.05) is 37.2 Å². The van der Waals surface area contributed by atoms with E-state index in [0.29, 0.717) is 10.6 Å². The van der Waals surface area contributed by atoms with Crippen LogP contribution in [0.4, 0.5) is 11.4 Å². The largest absolute Gasteiger partial charge is 0.493 e. The van der Waals surface area contributed by atoms with Gasteiger partial charge in [-0.2, -0.15) is 0 Å². The van der Waals surface area contributed by atoms with Crippen molar-refractivity contribution >= 4 is 44.9 Å². The maximum absolute atomic E-state index is 13.1. The summed E-state index contributed by atoms with van der Waals surface area (Å²) >= 11 is 6.06. The fourth-order valence-corrected chi connectivity index (χ4v) is 4.49. The number of halogens is 1. The molecule has 0 spiro atoms. The van der Waals surface area contributed by atoms with Crippen molar-refractivity contribution in [2.24, 2.45) is 0 Å². The minimum Gasteiger partial charge on any atom is -0.493 e. The normalized spacial score (nSPS) is 12.0. The molecule has 174 valence electrons. The van der Waals surface area contributed by atoms with Gasteiger partial charge in [-0.05, 0) is 31.5 Å². The SMILES string of the molecule is COC(=O)c1cc(OC)c(OC)cc1NC(=O)[C@H](C)N(c1cc(Cl)ccc1C)S(C)(=O)=O. The lowest BCUT2D eigenvalue weighted by Gasteiger charge is -2.29. The van der Waals surface area contributed by atoms with Gasteiger partial charge in [0.15, 0.2) is 11.5 Å². The van der Waals surface area contributed by atoms with Crippen molar-refractivity contribution in [3.8, 4) is 11.5 Å². The summed E-state index contributed by atoms with van der Waals surface area (Å²) in [6.07, 6.45) is 0.993. The molecule has 1 atom stereocenters. The molecule has 0 aromatic heterocycles. The van der Waals surface area contributed by atoms with E-state index in [-0.39, 0.29) is 28.4 Å². The minimum absolute atomic E-state index is 0.00976. The van der Waals surface area contributed by atoms with Crippen molar-refractivity contribution < 1.29 is 32.2 Å². The van der Waals surface area contributed by atoms with Gasteiger partial charge in [0.2, 0.25) is 15.9 Å². The molecule has 0 bridgehead atoms. The second kappa shape index (κ2) is 10.1. The molecule has 32 heavy (non-hydrogen) atoms. The van der Waals surface area contributed by atoms with Crippen molar-refractivity contribution in [2.45, 2.75) is 19.9 Å². The van der Waals surface area contributed by atoms with Gasteiger partial charge < -0.3 is 19.5 Å². The van der Waals surface area contributed by atoms with E-state index in [0.717, 1.165) is 10.6 Å². The van der Waals surface area contributed by atoms with Crippen molar-refractivity contribution in [1.82, 2.24) is 0 Å². The van der Waals surface area contributed by atoms with Crippen LogP contribution >= 0.6 is 11.6 Å². The van der Waals surface area contributed by atoms with Crippen molar-refractivity contribution in [1.29, 1.82) is 0 Å². The summed E-state index contributed by atoms with van der Waals surface area (Å²) in [6, 6.07) is 6.33. The number of nitrogens with zero attached hydrogens (tertiary/aromatic N) is 1. The highest BCUT2D eigenvalue weighted by Crippen LogP contribution is 2.34. The summed E-state index contributed by atoms with van der Waals surface area (Å²) in [7, 11) is 0.124. The summed E-state index contributed by atoms with van der Waals surface area (Å²) < 4.78 is 41.4. The summed E-state index contributed by atoms with van der Waals surface area (Å²) in [5, 5.41) is 2.91. The molecule has 2 aromatic carbocycles. The predicted molar refractivity (Wildman–Crippen MR) is 122 cm³/mol. The van der Waals surface area contributed by atoms with Crippen molar-refractivity contribution in [3.05, 3.63) is 46.5 Å². The molecule has 0 saturated heterocycles. The molecule has 0 fully saturated rings. The molecule has 1 amide bonds. The summed E-state index contributed by atoms with van der Waals surface area (Å²) in [5.74, 6) is -0.897. The highest BCUT2D eigenvalue weighted by Gasteiger charge is 2.31. The van der Waals surface area contributed by atoms with E-state index >= 15 is 0 Å². The summed E-state index contributed by atoms with van der Waals surface area (Å²) in [6.45, 7) is 3.13. The number of anilines is 2. The lowest BCUT2D eigenvalue weighted by atomic mass is 10.1. The first-order valence-corrected chi connectivity index (χ1v) is 11.6. The van der Waals surface area contributed by atoms with E-state index in [2.05, 4.69) is 5.32 Å². The Morgan fingerprint density at radius 2 is 1.66 bits per heavy atom. The number of benzene rings is 2. The Hall–Kier alpha value is -2.98. The van der Waals surface area contributed by atoms with Gasteiger partial charge in [0.25, 0.3) is 0 Å². The van der Waals surface area contributed by atoms with Crippen LogP contribution in [0.1, 0.15) is 22.8 Å². The van der Waals surface area contributed by atoms with Gasteiger partial charge in [-0.15, -0.1) is 0 Å². The first-order chi connectivity index (χ1) is 14.9. The van der Waals surface area contributed by atoms with Crippen LogP contribution < -0.4 is 19.1 Å². The number of nitrogens with one attached hydrogen (secondary N) is 1. The molecule has 0 saturated carbocycles. The number of hydrogen-bond acceptors (Lipinski definition) is 7. The number of sulfonamides is 1. The monoisotopic (exact) mass is 484 g/mol. The number of esters is 1. The maximum Gasteiger partial charge on any atom is 0.340 e. The Morgan fingerprint density at radius 1 is 1.06 bits per heavy atom. The smallest absolute Gasteiger partial charge is 0.340 e. The van der Waals surface area contributed by atoms with Crippen LogP contribution in [0.5, 0.6) is 11.5 Å². The molecule has 0 radical (unpaired) electrons. The Balaban J connectivity index is 2.52. The van der Waals surface area contributed by atoms with E-state index in [1.165, 1.54) is 46.5 Å². The van der Waals surface area contributed by atoms with Gasteiger partial charge in [-0.25, -0.2) is 13.2 Å². The second-order valence-electron chi connectivity index (χ2n) is 6.90. The number of rotatable bonds is 8. The summed E-state index contributed by atoms with van der Waals surface area (Å²) in [4.78, 5) is 25.4. The Labute approximate surface area is 192 Å². The van der Waals surface area contributed by atoms with E-state index in [4.69, 9.17) is 25.8 Å². The van der Waals surface area contributed by atoms with Gasteiger partial charge in [0, 0.05) is 17.2 Å². The third kappa shape index (κ3) is 5.43. The van der Waals surface area contributed by atoms with Gasteiger partial charge in [0.1, 0.15) is 6.04 Å². The van der Waals surface area contributed by atoms with Crippen molar-refractivity contribution in [3.63, 3.8) is 0 Å². The van der Waals surface area contributed by atoms with Crippen LogP contribution in [0.15, 0.2) is 30.3 Å². The van der Waals surface area contributed by atoms with Gasteiger partial charge in [-0.3, -0.25) is 9.10 Å². The van der Waals surface area contributed by atoms with Crippen LogP contribution in [0, 0.1) is 6.92 Å². The predicted octanol–water partition coefficient (Wildman–Crippen LogP) is 3.25. The molecular formula is C21H25ClN2O7S. The third-order valence-corrected chi connectivity index (χ3v) is 6.15. The molecule has 9 nitrogen and oxygen atoms in total. The standard InChI is InChI=1S/C21H25ClN2O7S/c1-12-7-8-14(22)9-17(12)24(32(6,27)28)13(2)20(25)23-16-11-19(30-4)18(29-3)10-15(16)21(26)31-5/h7-11,13H,1-6H3,(H,23,25)/t13-/m0/s1. The van der Waals surface area contributed by atoms with E-state index < -0.39 is 27.9 Å². The zero-order valence-corrected chi connectivity index (χ0v) is 20.1. The number of aryl methyl sites for hydroxylation is 1. The lowest BCUT2D eigenvalue weighted by molar-refractivity contribution is -0.116. The Kier molecular flexibility index (Phi) is 7.97. The van der Waals surface area contributed by atoms with Gasteiger partial charge >= 0.3 is 5.97 Å². The van der Waals surface area contributed by atoms with E-state index in [9.17, 15) is 18.0 Å². The van der Waals surface area contributed by atoms with Gasteiger partial charge in [0.05, 0.1) is 44.5 Å². The molecule has 2 rings (SSSR count). The number of hydrogen-bond donors (Lipinski definition) is 1. The zero-order valence-electron chi connectivity index (χ0n) is 18.6. The molecule has 0 aliphatic heterocycles. The Bertz CT molecular complexity index is 1140. The quantitative estimate of drug-likeness (QED) is 0.572. The molecule has 0 heterocycles. The van der Waals surface area contributed by atoms with E-state index in [1.807, 2.05) is 0 Å². The zero-order chi connectivity index (χ0) is 24.2. The van der Waals surface area contributed by atoms with E-state index in [1.54, 1.807) is 19.1 Å². The highest BCUT2D eigenvalue weighted by atomic mass is 35.5. The topological polar surface area (TPSA) is 111 Å². The maximum atomic E-state index is 13.1. The van der Waals surface area contributed by atoms with Gasteiger partial charge in [-0.1, -0.05) is 17.7 Å². The number of amides is 1. The third-order valence-electron chi connectivity index (χ3n) is 4.68. The minimum atomic E-state index is -3.87. The molecule has 11 heteroatoms. The second-order valence-corrected chi connectivity index (χ2v) is 9.20. The number of carbonyl (C=O) groups excluding carboxylic acids is 2. The van der Waals surface area contributed by atoms with Crippen LogP contribution in [-0.2, 0) is 19.6 Å². The molecule has 0 aliphatic rings. The molecular weight excluding hydrogens is 460 g/mol.